The van der Waals surface area contributed by atoms with Crippen LogP contribution < -0.4 is 5.63 Å². The van der Waals surface area contributed by atoms with Gasteiger partial charge in [0.05, 0.1) is 10.9 Å². The second-order valence-corrected chi connectivity index (χ2v) is 4.96. The van der Waals surface area contributed by atoms with Gasteiger partial charge in [-0.2, -0.15) is 0 Å². The first-order chi connectivity index (χ1) is 9.74. The van der Waals surface area contributed by atoms with Crippen molar-refractivity contribution in [3.8, 4) is 0 Å². The summed E-state index contributed by atoms with van der Waals surface area (Å²) in [6.45, 7) is 1.96. The van der Waals surface area contributed by atoms with Crippen molar-refractivity contribution in [2.24, 2.45) is 0 Å². The molecule has 0 aliphatic rings. The summed E-state index contributed by atoms with van der Waals surface area (Å²) >= 11 is 0. The molecule has 20 heavy (non-hydrogen) atoms. The number of para-hydroxylation sites is 1. The summed E-state index contributed by atoms with van der Waals surface area (Å²) in [6, 6.07) is 13.5. The molecule has 0 aliphatic carbocycles. The molecule has 96 valence electrons. The van der Waals surface area contributed by atoms with Crippen LogP contribution in [0.15, 0.2) is 57.9 Å². The maximum Gasteiger partial charge on any atom is 0.344 e. The van der Waals surface area contributed by atoms with Gasteiger partial charge in [0, 0.05) is 22.4 Å². The summed E-state index contributed by atoms with van der Waals surface area (Å²) in [4.78, 5) is 16.7. The Morgan fingerprint density at radius 3 is 2.70 bits per heavy atom. The zero-order valence-corrected chi connectivity index (χ0v) is 10.9. The lowest BCUT2D eigenvalue weighted by Gasteiger charge is -2.05. The fourth-order valence-corrected chi connectivity index (χ4v) is 2.63. The van der Waals surface area contributed by atoms with Gasteiger partial charge in [0.25, 0.3) is 0 Å². The average Bonchev–Trinajstić information content (AvgIpc) is 2.47. The summed E-state index contributed by atoms with van der Waals surface area (Å²) < 4.78 is 5.55. The number of aryl methyl sites for hydroxylation is 1. The van der Waals surface area contributed by atoms with Gasteiger partial charge in [0.15, 0.2) is 0 Å². The Morgan fingerprint density at radius 1 is 0.950 bits per heavy atom. The maximum atomic E-state index is 12.2. The Kier molecular flexibility index (Phi) is 2.18. The molecule has 0 bridgehead atoms. The first kappa shape index (κ1) is 11.2. The first-order valence-corrected chi connectivity index (χ1v) is 6.45. The van der Waals surface area contributed by atoms with Crippen LogP contribution in [0.2, 0.25) is 0 Å². The minimum absolute atomic E-state index is 0.299. The third-order valence-corrected chi connectivity index (χ3v) is 3.61. The van der Waals surface area contributed by atoms with Crippen LogP contribution in [0, 0.1) is 6.92 Å². The van der Waals surface area contributed by atoms with Crippen molar-refractivity contribution in [2.45, 2.75) is 6.92 Å². The molecule has 0 N–H and O–H groups in total. The van der Waals surface area contributed by atoms with Gasteiger partial charge in [0.2, 0.25) is 0 Å². The molecule has 3 nitrogen and oxygen atoms in total. The molecule has 3 heteroatoms. The number of hydrogen-bond donors (Lipinski definition) is 0. The molecule has 0 amide bonds. The zero-order valence-electron chi connectivity index (χ0n) is 10.9. The Hall–Kier alpha value is -2.68. The first-order valence-electron chi connectivity index (χ1n) is 6.45. The van der Waals surface area contributed by atoms with Crippen molar-refractivity contribution in [3.63, 3.8) is 0 Å². The summed E-state index contributed by atoms with van der Waals surface area (Å²) in [5, 5.41) is 3.23. The van der Waals surface area contributed by atoms with E-state index in [4.69, 9.17) is 4.42 Å². The lowest BCUT2D eigenvalue weighted by atomic mass is 10.0. The van der Waals surface area contributed by atoms with Crippen LogP contribution in [0.25, 0.3) is 32.6 Å². The largest absolute Gasteiger partial charge is 0.421 e. The van der Waals surface area contributed by atoms with E-state index in [1.165, 1.54) is 0 Å². The van der Waals surface area contributed by atoms with E-state index in [2.05, 4.69) is 4.98 Å². The molecule has 4 aromatic rings. The highest BCUT2D eigenvalue weighted by molar-refractivity contribution is 6.12. The van der Waals surface area contributed by atoms with Gasteiger partial charge in [0.1, 0.15) is 5.58 Å². The van der Waals surface area contributed by atoms with Crippen molar-refractivity contribution < 1.29 is 4.42 Å². The van der Waals surface area contributed by atoms with Crippen molar-refractivity contribution in [3.05, 3.63) is 64.6 Å². The molecule has 2 heterocycles. The average molecular weight is 261 g/mol. The number of pyridine rings is 1. The van der Waals surface area contributed by atoms with Gasteiger partial charge >= 0.3 is 5.63 Å². The van der Waals surface area contributed by atoms with Crippen molar-refractivity contribution in [1.82, 2.24) is 4.98 Å². The van der Waals surface area contributed by atoms with E-state index in [0.29, 0.717) is 11.0 Å². The van der Waals surface area contributed by atoms with Crippen LogP contribution >= 0.6 is 0 Å². The quantitative estimate of drug-likeness (QED) is 0.452. The van der Waals surface area contributed by atoms with Crippen LogP contribution in [0.4, 0.5) is 0 Å². The molecule has 0 aliphatic heterocycles. The predicted octanol–water partition coefficient (Wildman–Crippen LogP) is 3.80. The summed E-state index contributed by atoms with van der Waals surface area (Å²) in [5.41, 5.74) is 2.18. The summed E-state index contributed by atoms with van der Waals surface area (Å²) in [6.07, 6.45) is 1.78. The second-order valence-electron chi connectivity index (χ2n) is 4.96. The van der Waals surface area contributed by atoms with E-state index < -0.39 is 0 Å². The van der Waals surface area contributed by atoms with E-state index in [-0.39, 0.29) is 5.63 Å². The lowest BCUT2D eigenvalue weighted by molar-refractivity contribution is 0.572. The molecule has 0 radical (unpaired) electrons. The fourth-order valence-electron chi connectivity index (χ4n) is 2.63. The molecule has 0 atom stereocenters. The van der Waals surface area contributed by atoms with Crippen LogP contribution in [0.3, 0.4) is 0 Å². The highest BCUT2D eigenvalue weighted by Gasteiger charge is 2.10. The van der Waals surface area contributed by atoms with Crippen LogP contribution in [0.5, 0.6) is 0 Å². The Morgan fingerprint density at radius 2 is 1.80 bits per heavy atom. The number of nitrogens with zero attached hydrogens (tertiary/aromatic N) is 1. The molecular weight excluding hydrogens is 250 g/mol. The van der Waals surface area contributed by atoms with E-state index in [9.17, 15) is 4.79 Å². The van der Waals surface area contributed by atoms with Gasteiger partial charge in [-0.25, -0.2) is 4.79 Å². The zero-order chi connectivity index (χ0) is 13.7. The molecule has 0 saturated heterocycles. The van der Waals surface area contributed by atoms with E-state index >= 15 is 0 Å². The SMILES string of the molecule is Cc1ccc2c(c1)c(=O)oc1c3ccccc3ncc21. The van der Waals surface area contributed by atoms with Gasteiger partial charge in [-0.05, 0) is 25.1 Å². The normalized spacial score (nSPS) is 11.4. The molecule has 2 aromatic heterocycles. The molecule has 4 rings (SSSR count). The van der Waals surface area contributed by atoms with Crippen molar-refractivity contribution in [2.75, 3.05) is 0 Å². The summed E-state index contributed by atoms with van der Waals surface area (Å²) in [5.74, 6) is 0. The van der Waals surface area contributed by atoms with E-state index in [0.717, 1.165) is 27.2 Å². The topological polar surface area (TPSA) is 43.1 Å². The van der Waals surface area contributed by atoms with Crippen molar-refractivity contribution in [1.29, 1.82) is 0 Å². The van der Waals surface area contributed by atoms with Gasteiger partial charge in [-0.3, -0.25) is 4.98 Å². The fraction of sp³-hybridized carbons (Fsp3) is 0.0588. The van der Waals surface area contributed by atoms with Crippen LogP contribution in [0.1, 0.15) is 5.56 Å². The van der Waals surface area contributed by atoms with Gasteiger partial charge < -0.3 is 4.42 Å². The number of hydrogen-bond acceptors (Lipinski definition) is 3. The molecule has 0 saturated carbocycles. The number of fused-ring (bicyclic) bond motifs is 5. The molecule has 0 spiro atoms. The van der Waals surface area contributed by atoms with Crippen LogP contribution in [-0.2, 0) is 0 Å². The Labute approximate surface area is 114 Å². The lowest BCUT2D eigenvalue weighted by Crippen LogP contribution is -2.00. The highest BCUT2D eigenvalue weighted by Crippen LogP contribution is 2.28. The molecule has 0 fully saturated rings. The Bertz CT molecular complexity index is 1030. The molecular formula is C17H11NO2. The smallest absolute Gasteiger partial charge is 0.344 e. The maximum absolute atomic E-state index is 12.2. The monoisotopic (exact) mass is 261 g/mol. The standard InChI is InChI=1S/C17H11NO2/c1-10-6-7-11-13(8-10)17(19)20-16-12-4-2-3-5-15(12)18-9-14(11)16/h2-9H,1H3. The van der Waals surface area contributed by atoms with E-state index in [1.807, 2.05) is 49.4 Å². The summed E-state index contributed by atoms with van der Waals surface area (Å²) in [7, 11) is 0. The third-order valence-electron chi connectivity index (χ3n) is 3.61. The van der Waals surface area contributed by atoms with Crippen molar-refractivity contribution >= 4 is 32.6 Å². The number of aromatic nitrogens is 1. The van der Waals surface area contributed by atoms with Crippen LogP contribution in [-0.4, -0.2) is 4.98 Å². The number of benzene rings is 2. The Balaban J connectivity index is 2.33. The van der Waals surface area contributed by atoms with E-state index in [1.54, 1.807) is 6.20 Å². The minimum Gasteiger partial charge on any atom is -0.421 e. The molecule has 2 aromatic carbocycles. The number of rotatable bonds is 0. The second kappa shape index (κ2) is 3.90. The third kappa shape index (κ3) is 1.46. The van der Waals surface area contributed by atoms with Gasteiger partial charge in [-0.1, -0.05) is 29.8 Å². The molecule has 0 unspecified atom stereocenters. The predicted molar refractivity (Wildman–Crippen MR) is 80.0 cm³/mol. The minimum atomic E-state index is -0.299. The van der Waals surface area contributed by atoms with Gasteiger partial charge in [-0.15, -0.1) is 0 Å². The highest BCUT2D eigenvalue weighted by atomic mass is 16.4.